The van der Waals surface area contributed by atoms with E-state index in [-0.39, 0.29) is 104 Å². The van der Waals surface area contributed by atoms with Gasteiger partial charge in [-0.15, -0.1) is 0 Å². The van der Waals surface area contributed by atoms with Crippen LogP contribution in [0.3, 0.4) is 0 Å². The van der Waals surface area contributed by atoms with E-state index in [4.69, 9.17) is 3.78 Å². The number of rotatable bonds is 0. The van der Waals surface area contributed by atoms with Crippen LogP contribution in [0.2, 0.25) is 0 Å². The quantitative estimate of drug-likeness (QED) is 0.491. The monoisotopic (exact) mass is 371 g/mol. The Bertz CT molecular complexity index is 13.5. The summed E-state index contributed by atoms with van der Waals surface area (Å²) in [5, 5.41) is 0. The van der Waals surface area contributed by atoms with Crippen LogP contribution in [0.5, 0.6) is 0 Å². The minimum atomic E-state index is 0. The molecule has 0 aromatic rings. The van der Waals surface area contributed by atoms with Crippen molar-refractivity contribution in [1.82, 2.24) is 0 Å². The third kappa shape index (κ3) is 8.92. The summed E-state index contributed by atoms with van der Waals surface area (Å²) < 4.78 is 8.38. The maximum atomic E-state index is 8.38. The first-order chi connectivity index (χ1) is 1.00. The molecule has 0 aliphatic carbocycles. The third-order valence-corrected chi connectivity index (χ3v) is 0. The fourth-order valence-electron chi connectivity index (χ4n) is 0. The van der Waals surface area contributed by atoms with Crippen molar-refractivity contribution < 1.29 is 42.2 Å². The molecule has 1 nitrogen and oxygen atoms in total. The molecule has 0 aliphatic heterocycles. The fraction of sp³-hybridized carbons (Fsp3) is 0. The second-order valence-electron chi connectivity index (χ2n) is 0. The van der Waals surface area contributed by atoms with Crippen LogP contribution in [0.1, 0.15) is 2.85 Å². The van der Waals surface area contributed by atoms with Gasteiger partial charge in [0.25, 0.3) is 0 Å². The predicted octanol–water partition coefficient (Wildman–Crippen LogP) is -1.19. The summed E-state index contributed by atoms with van der Waals surface area (Å²) in [6, 6.07) is 0. The zero-order valence-electron chi connectivity index (χ0n) is 4.40. The van der Waals surface area contributed by atoms with E-state index < -0.39 is 0 Å². The van der Waals surface area contributed by atoms with E-state index in [9.17, 15) is 0 Å². The average molecular weight is 369 g/mol. The van der Waals surface area contributed by atoms with Crippen LogP contribution in [0.4, 0.5) is 0 Å². The van der Waals surface area contributed by atoms with Gasteiger partial charge in [0.15, 0.2) is 0 Å². The van der Waals surface area contributed by atoms with Gasteiger partial charge in [0.2, 0.25) is 0 Å². The Balaban J connectivity index is -0.000000000833. The molecule has 0 rings (SSSR count). The summed E-state index contributed by atoms with van der Waals surface area (Å²) in [7, 11) is 0. The van der Waals surface area contributed by atoms with Crippen molar-refractivity contribution in [2.24, 2.45) is 0 Å². The van der Waals surface area contributed by atoms with Crippen LogP contribution < -0.4 is 0 Å². The molecule has 0 aliphatic rings. The molecular formula is H4BaGeLaO. The summed E-state index contributed by atoms with van der Waals surface area (Å²) >= 11 is 0.125. The van der Waals surface area contributed by atoms with Gasteiger partial charge < -0.3 is 2.85 Å². The van der Waals surface area contributed by atoms with Gasteiger partial charge in [0, 0.05) is 35.6 Å². The van der Waals surface area contributed by atoms with E-state index in [0.717, 1.165) is 0 Å². The summed E-state index contributed by atoms with van der Waals surface area (Å²) in [5.41, 5.74) is 0. The van der Waals surface area contributed by atoms with Gasteiger partial charge in [0.05, 0.1) is 0 Å². The minimum absolute atomic E-state index is 0. The van der Waals surface area contributed by atoms with Crippen molar-refractivity contribution in [2.45, 2.75) is 0 Å². The Morgan fingerprint density at radius 3 is 1.50 bits per heavy atom. The molecular weight excluding hydrogens is 365 g/mol. The second kappa shape index (κ2) is 16.5. The molecule has 0 fully saturated rings. The molecule has 1 radical (unpaired) electrons. The molecule has 0 heterocycles. The van der Waals surface area contributed by atoms with E-state index in [1.807, 2.05) is 0 Å². The van der Waals surface area contributed by atoms with Gasteiger partial charge in [-0.3, -0.25) is 0 Å². The zero-order valence-corrected chi connectivity index (χ0v) is 13.4. The predicted molar refractivity (Wildman–Crippen MR) is 17.2 cm³/mol. The first-order valence-electron chi connectivity index (χ1n) is 0.289. The first kappa shape index (κ1) is 15.7. The fourth-order valence-corrected chi connectivity index (χ4v) is 0. The third-order valence-electron chi connectivity index (χ3n) is 0. The van der Waals surface area contributed by atoms with Crippen molar-refractivity contribution in [3.63, 3.8) is 0 Å². The van der Waals surface area contributed by atoms with Gasteiger partial charge in [-0.25, -0.2) is 0 Å². The second-order valence-corrected chi connectivity index (χ2v) is 0. The molecule has 0 saturated carbocycles. The summed E-state index contributed by atoms with van der Waals surface area (Å²) in [6.45, 7) is 0. The van der Waals surface area contributed by atoms with Crippen LogP contribution in [0.25, 0.3) is 0 Å². The van der Waals surface area contributed by atoms with E-state index in [0.29, 0.717) is 0 Å². The van der Waals surface area contributed by atoms with Crippen LogP contribution in [0, 0.1) is 35.6 Å². The number of hydrogen-bond acceptors (Lipinski definition) is 1. The molecule has 0 aromatic carbocycles. The van der Waals surface area contributed by atoms with Crippen LogP contribution in [-0.4, -0.2) is 65.3 Å². The van der Waals surface area contributed by atoms with E-state index in [1.54, 1.807) is 0 Å². The molecule has 0 amide bonds. The van der Waals surface area contributed by atoms with Crippen LogP contribution in [-0.2, 0) is 3.78 Å². The van der Waals surface area contributed by atoms with Crippen molar-refractivity contribution >= 4 is 65.3 Å². The molecule has 0 spiro atoms. The molecule has 0 unspecified atom stereocenters. The van der Waals surface area contributed by atoms with Crippen molar-refractivity contribution in [2.75, 3.05) is 0 Å². The number of hydrogen-bond donors (Lipinski definition) is 0. The van der Waals surface area contributed by atoms with Crippen molar-refractivity contribution in [3.8, 4) is 0 Å². The van der Waals surface area contributed by atoms with Gasteiger partial charge >= 0.3 is 69.1 Å². The molecule has 4 heavy (non-hydrogen) atoms. The zero-order chi connectivity index (χ0) is 2.00. The standard InChI is InChI=1S/Ba.GeH2O.La.2H/c;1-2;;;/h;1H2;;;/q+2;;;2*-1. The Morgan fingerprint density at radius 2 is 1.50 bits per heavy atom. The van der Waals surface area contributed by atoms with Crippen LogP contribution >= 0.6 is 0 Å². The normalized spacial score (nSPS) is 1.00. The van der Waals surface area contributed by atoms with Crippen molar-refractivity contribution in [1.29, 1.82) is 0 Å². The molecule has 0 aromatic heterocycles. The molecule has 0 bridgehead atoms. The SMILES string of the molecule is [Ba+2].[H-].[H-].[La].[O]=[GeH2]. The van der Waals surface area contributed by atoms with E-state index in [1.165, 1.54) is 0 Å². The van der Waals surface area contributed by atoms with E-state index >= 15 is 0 Å². The van der Waals surface area contributed by atoms with Crippen molar-refractivity contribution in [3.05, 3.63) is 0 Å². The Labute approximate surface area is 105 Å². The molecule has 19 valence electrons. The molecule has 0 atom stereocenters. The summed E-state index contributed by atoms with van der Waals surface area (Å²) in [4.78, 5) is 0. The van der Waals surface area contributed by atoms with Gasteiger partial charge in [-0.05, 0) is 0 Å². The Kier molecular flexibility index (Phi) is 64.8. The van der Waals surface area contributed by atoms with Crippen LogP contribution in [0.15, 0.2) is 0 Å². The van der Waals surface area contributed by atoms with Gasteiger partial charge in [-0.2, -0.15) is 0 Å². The average Bonchev–Trinajstić information content (AvgIpc) is 1.00. The Hall–Kier alpha value is 3.11. The summed E-state index contributed by atoms with van der Waals surface area (Å²) in [5.74, 6) is 0. The summed E-state index contributed by atoms with van der Waals surface area (Å²) in [6.07, 6.45) is 0. The maximum absolute atomic E-state index is 8.38. The molecule has 0 N–H and O–H groups in total. The topological polar surface area (TPSA) is 17.1 Å². The first-order valence-corrected chi connectivity index (χ1v) is 1.50. The van der Waals surface area contributed by atoms with Gasteiger partial charge in [-0.1, -0.05) is 0 Å². The molecule has 4 heteroatoms. The van der Waals surface area contributed by atoms with E-state index in [2.05, 4.69) is 0 Å². The molecule has 0 saturated heterocycles. The Morgan fingerprint density at radius 1 is 1.50 bits per heavy atom. The van der Waals surface area contributed by atoms with Gasteiger partial charge in [0.1, 0.15) is 0 Å².